The number of nitrogens with one attached hydrogen (secondary N) is 1. The third-order valence-electron chi connectivity index (χ3n) is 3.51. The molecule has 0 aliphatic carbocycles. The van der Waals surface area contributed by atoms with Crippen molar-refractivity contribution in [2.75, 3.05) is 6.61 Å². The van der Waals surface area contributed by atoms with Crippen LogP contribution >= 0.6 is 0 Å². The van der Waals surface area contributed by atoms with Crippen LogP contribution in [0.15, 0.2) is 47.6 Å². The molecule has 0 saturated heterocycles. The molecule has 8 nitrogen and oxygen atoms in total. The first-order valence-corrected chi connectivity index (χ1v) is 7.87. The van der Waals surface area contributed by atoms with Gasteiger partial charge in [-0.2, -0.15) is 5.10 Å². The molecule has 0 bridgehead atoms. The van der Waals surface area contributed by atoms with E-state index in [4.69, 9.17) is 4.74 Å². The second-order valence-corrected chi connectivity index (χ2v) is 5.78. The number of amides is 1. The van der Waals surface area contributed by atoms with E-state index < -0.39 is 16.6 Å². The molecule has 2 rings (SSSR count). The average Bonchev–Trinajstić information content (AvgIpc) is 2.61. The molecular formula is C18H18N3O5-. The van der Waals surface area contributed by atoms with Crippen LogP contribution in [0.1, 0.15) is 30.9 Å². The first-order chi connectivity index (χ1) is 12.4. The molecule has 0 radical (unpaired) electrons. The third kappa shape index (κ3) is 5.30. The summed E-state index contributed by atoms with van der Waals surface area (Å²) in [4.78, 5) is 21.8. The van der Waals surface area contributed by atoms with E-state index in [2.05, 4.69) is 24.4 Å². The summed E-state index contributed by atoms with van der Waals surface area (Å²) >= 11 is 0. The number of carbonyl (C=O) groups is 1. The van der Waals surface area contributed by atoms with Gasteiger partial charge in [0.05, 0.1) is 11.1 Å². The summed E-state index contributed by atoms with van der Waals surface area (Å²) in [5, 5.41) is 25.9. The molecule has 0 aliphatic rings. The Morgan fingerprint density at radius 2 is 1.96 bits per heavy atom. The highest BCUT2D eigenvalue weighted by Crippen LogP contribution is 2.19. The van der Waals surface area contributed by atoms with Crippen LogP contribution in [-0.4, -0.2) is 23.7 Å². The van der Waals surface area contributed by atoms with Gasteiger partial charge in [-0.15, -0.1) is 0 Å². The number of non-ortho nitro benzene ring substituents is 1. The molecule has 0 fully saturated rings. The lowest BCUT2D eigenvalue weighted by molar-refractivity contribution is -0.385. The average molecular weight is 356 g/mol. The van der Waals surface area contributed by atoms with Crippen molar-refractivity contribution in [1.82, 2.24) is 5.43 Å². The van der Waals surface area contributed by atoms with E-state index in [1.807, 2.05) is 12.1 Å². The minimum Gasteiger partial charge on any atom is -0.872 e. The zero-order valence-corrected chi connectivity index (χ0v) is 14.3. The molecule has 0 atom stereocenters. The Kier molecular flexibility index (Phi) is 6.26. The Labute approximate surface area is 150 Å². The molecule has 0 heterocycles. The zero-order chi connectivity index (χ0) is 19.1. The number of nitro benzene ring substituents is 1. The molecule has 0 unspecified atom stereocenters. The monoisotopic (exact) mass is 356 g/mol. The number of hydrogen-bond donors (Lipinski definition) is 1. The molecule has 136 valence electrons. The van der Waals surface area contributed by atoms with Gasteiger partial charge in [0, 0.05) is 12.1 Å². The van der Waals surface area contributed by atoms with Gasteiger partial charge in [-0.25, -0.2) is 5.43 Å². The fraction of sp³-hybridized carbons (Fsp3) is 0.222. The number of hydrazone groups is 1. The lowest BCUT2D eigenvalue weighted by atomic mass is 10.0. The second-order valence-electron chi connectivity index (χ2n) is 5.78. The standard InChI is InChI=1S/C18H19N3O5/c1-12(2)13-3-6-16(7-4-13)26-11-18(23)20-19-10-14-9-15(21(24)25)5-8-17(14)22/h3-10,12,22H,11H2,1-2H3,(H,20,23)/p-1/b19-10+. The summed E-state index contributed by atoms with van der Waals surface area (Å²) in [5.41, 5.74) is 3.14. The van der Waals surface area contributed by atoms with Gasteiger partial charge in [-0.1, -0.05) is 37.8 Å². The quantitative estimate of drug-likeness (QED) is 0.464. The lowest BCUT2D eigenvalue weighted by Crippen LogP contribution is -2.24. The van der Waals surface area contributed by atoms with E-state index in [-0.39, 0.29) is 17.9 Å². The molecule has 0 aromatic heterocycles. The molecule has 1 N–H and O–H groups in total. The maximum Gasteiger partial charge on any atom is 0.277 e. The molecule has 1 amide bonds. The number of benzene rings is 2. The van der Waals surface area contributed by atoms with Crippen LogP contribution in [0, 0.1) is 10.1 Å². The number of nitrogens with zero attached hydrogens (tertiary/aromatic N) is 2. The first kappa shape index (κ1) is 18.9. The van der Waals surface area contributed by atoms with Crippen molar-refractivity contribution >= 4 is 17.8 Å². The van der Waals surface area contributed by atoms with E-state index in [1.165, 1.54) is 0 Å². The minimum absolute atomic E-state index is 0.00434. The van der Waals surface area contributed by atoms with E-state index in [1.54, 1.807) is 12.1 Å². The Balaban J connectivity index is 1.87. The highest BCUT2D eigenvalue weighted by molar-refractivity contribution is 5.86. The molecule has 0 spiro atoms. The fourth-order valence-electron chi connectivity index (χ4n) is 2.05. The van der Waals surface area contributed by atoms with Crippen LogP contribution in [0.25, 0.3) is 0 Å². The normalized spacial score (nSPS) is 10.9. The highest BCUT2D eigenvalue weighted by atomic mass is 16.6. The molecule has 26 heavy (non-hydrogen) atoms. The van der Waals surface area contributed by atoms with E-state index in [0.717, 1.165) is 30.0 Å². The van der Waals surface area contributed by atoms with Crippen LogP contribution in [0.3, 0.4) is 0 Å². The van der Waals surface area contributed by atoms with Crippen molar-refractivity contribution in [3.63, 3.8) is 0 Å². The summed E-state index contributed by atoms with van der Waals surface area (Å²) in [6.45, 7) is 3.91. The molecule has 8 heteroatoms. The van der Waals surface area contributed by atoms with Gasteiger partial charge in [-0.3, -0.25) is 14.9 Å². The maximum atomic E-state index is 11.7. The van der Waals surface area contributed by atoms with Crippen molar-refractivity contribution in [2.24, 2.45) is 5.10 Å². The van der Waals surface area contributed by atoms with Crippen molar-refractivity contribution in [2.45, 2.75) is 19.8 Å². The summed E-state index contributed by atoms with van der Waals surface area (Å²) < 4.78 is 5.34. The van der Waals surface area contributed by atoms with Crippen LogP contribution < -0.4 is 15.3 Å². The van der Waals surface area contributed by atoms with Gasteiger partial charge in [-0.05, 0) is 29.2 Å². The first-order valence-electron chi connectivity index (χ1n) is 7.87. The van der Waals surface area contributed by atoms with Crippen molar-refractivity contribution in [3.8, 4) is 11.5 Å². The molecular weight excluding hydrogens is 338 g/mol. The van der Waals surface area contributed by atoms with Gasteiger partial charge in [0.25, 0.3) is 11.6 Å². The fourth-order valence-corrected chi connectivity index (χ4v) is 2.05. The van der Waals surface area contributed by atoms with Crippen molar-refractivity contribution in [3.05, 3.63) is 63.7 Å². The Morgan fingerprint density at radius 1 is 1.27 bits per heavy atom. The number of rotatable bonds is 7. The smallest absolute Gasteiger partial charge is 0.277 e. The molecule has 0 saturated carbocycles. The van der Waals surface area contributed by atoms with Crippen LogP contribution in [0.4, 0.5) is 5.69 Å². The van der Waals surface area contributed by atoms with E-state index in [0.29, 0.717) is 11.7 Å². The van der Waals surface area contributed by atoms with Gasteiger partial charge < -0.3 is 9.84 Å². The highest BCUT2D eigenvalue weighted by Gasteiger charge is 2.06. The third-order valence-corrected chi connectivity index (χ3v) is 3.51. The second kappa shape index (κ2) is 8.61. The largest absolute Gasteiger partial charge is 0.872 e. The van der Waals surface area contributed by atoms with E-state index >= 15 is 0 Å². The SMILES string of the molecule is CC(C)c1ccc(OCC(=O)N/N=C/c2cc([N+](=O)[O-])ccc2[O-])cc1. The Bertz CT molecular complexity index is 816. The van der Waals surface area contributed by atoms with Crippen molar-refractivity contribution in [1.29, 1.82) is 0 Å². The number of nitro groups is 1. The van der Waals surface area contributed by atoms with Gasteiger partial charge in [0.1, 0.15) is 5.75 Å². The predicted octanol–water partition coefficient (Wildman–Crippen LogP) is 2.32. The van der Waals surface area contributed by atoms with Crippen LogP contribution in [0.2, 0.25) is 0 Å². The number of ether oxygens (including phenoxy) is 1. The molecule has 2 aromatic rings. The van der Waals surface area contributed by atoms with Gasteiger partial charge >= 0.3 is 0 Å². The minimum atomic E-state index is -0.617. The maximum absolute atomic E-state index is 11.7. The lowest BCUT2D eigenvalue weighted by Gasteiger charge is -2.09. The Morgan fingerprint density at radius 3 is 2.58 bits per heavy atom. The predicted molar refractivity (Wildman–Crippen MR) is 94.3 cm³/mol. The van der Waals surface area contributed by atoms with E-state index in [9.17, 15) is 20.0 Å². The Hall–Kier alpha value is -3.42. The summed E-state index contributed by atoms with van der Waals surface area (Å²) in [5.74, 6) is -0.00221. The molecule has 0 aliphatic heterocycles. The summed E-state index contributed by atoms with van der Waals surface area (Å²) in [6, 6.07) is 10.7. The molecule has 2 aromatic carbocycles. The number of hydrogen-bond acceptors (Lipinski definition) is 6. The zero-order valence-electron chi connectivity index (χ0n) is 14.3. The van der Waals surface area contributed by atoms with Gasteiger partial charge in [0.15, 0.2) is 6.61 Å². The van der Waals surface area contributed by atoms with Gasteiger partial charge in [0.2, 0.25) is 0 Å². The topological polar surface area (TPSA) is 117 Å². The van der Waals surface area contributed by atoms with Crippen LogP contribution in [0.5, 0.6) is 11.5 Å². The van der Waals surface area contributed by atoms with Crippen molar-refractivity contribution < 1.29 is 19.6 Å². The summed E-state index contributed by atoms with van der Waals surface area (Å²) in [7, 11) is 0. The van der Waals surface area contributed by atoms with Crippen LogP contribution in [-0.2, 0) is 4.79 Å². The summed E-state index contributed by atoms with van der Waals surface area (Å²) in [6.07, 6.45) is 1.06. The number of carbonyl (C=O) groups excluding carboxylic acids is 1.